The summed E-state index contributed by atoms with van der Waals surface area (Å²) in [6, 6.07) is 6.00. The average Bonchev–Trinajstić information content (AvgIpc) is 1.99. The predicted octanol–water partition coefficient (Wildman–Crippen LogP) is 2.75. The third-order valence-electron chi connectivity index (χ3n) is 1.92. The highest BCUT2D eigenvalue weighted by Gasteiger charge is 2.18. The van der Waals surface area contributed by atoms with E-state index in [1.54, 1.807) is 26.0 Å². The van der Waals surface area contributed by atoms with Crippen molar-refractivity contribution in [3.63, 3.8) is 0 Å². The van der Waals surface area contributed by atoms with Crippen LogP contribution in [0.1, 0.15) is 27.2 Å². The van der Waals surface area contributed by atoms with Gasteiger partial charge in [-0.2, -0.15) is 0 Å². The van der Waals surface area contributed by atoms with Gasteiger partial charge in [0.25, 0.3) is 0 Å². The van der Waals surface area contributed by atoms with Crippen molar-refractivity contribution in [1.82, 2.24) is 0 Å². The highest BCUT2D eigenvalue weighted by atomic mass is 19.1. The van der Waals surface area contributed by atoms with Gasteiger partial charge in [-0.15, -0.1) is 0 Å². The first kappa shape index (κ1) is 12.0. The van der Waals surface area contributed by atoms with Crippen molar-refractivity contribution in [3.8, 4) is 5.75 Å². The average molecular weight is 212 g/mol. The number of aliphatic hydroxyl groups is 1. The smallest absolute Gasteiger partial charge is 0.126 e. The summed E-state index contributed by atoms with van der Waals surface area (Å²) in [6.45, 7) is 5.29. The van der Waals surface area contributed by atoms with Crippen LogP contribution in [-0.4, -0.2) is 16.8 Å². The Kier molecular flexibility index (Phi) is 3.69. The Morgan fingerprint density at radius 3 is 2.67 bits per heavy atom. The largest absolute Gasteiger partial charge is 0.491 e. The van der Waals surface area contributed by atoms with E-state index in [4.69, 9.17) is 4.74 Å². The molecule has 2 nitrogen and oxygen atoms in total. The lowest BCUT2D eigenvalue weighted by atomic mass is 10.0. The van der Waals surface area contributed by atoms with Crippen molar-refractivity contribution in [2.75, 3.05) is 0 Å². The fraction of sp³-hybridized carbons (Fsp3) is 0.500. The highest BCUT2D eigenvalue weighted by molar-refractivity contribution is 5.22. The fourth-order valence-corrected chi connectivity index (χ4v) is 1.52. The number of ether oxygens (including phenoxy) is 1. The zero-order valence-electron chi connectivity index (χ0n) is 9.33. The lowest BCUT2D eigenvalue weighted by Crippen LogP contribution is -2.27. The van der Waals surface area contributed by atoms with Crippen molar-refractivity contribution in [3.05, 3.63) is 30.1 Å². The van der Waals surface area contributed by atoms with Gasteiger partial charge in [-0.05, 0) is 32.9 Å². The number of hydrogen-bond donors (Lipinski definition) is 1. The van der Waals surface area contributed by atoms with Gasteiger partial charge in [0, 0.05) is 12.5 Å². The zero-order chi connectivity index (χ0) is 11.5. The summed E-state index contributed by atoms with van der Waals surface area (Å²) in [5, 5.41) is 9.57. The summed E-state index contributed by atoms with van der Waals surface area (Å²) in [5.41, 5.74) is -0.771. The molecule has 0 spiro atoms. The molecule has 1 unspecified atom stereocenters. The molecule has 0 saturated heterocycles. The van der Waals surface area contributed by atoms with E-state index in [-0.39, 0.29) is 11.9 Å². The molecular formula is C12H17FO2. The van der Waals surface area contributed by atoms with E-state index in [1.807, 2.05) is 6.92 Å². The van der Waals surface area contributed by atoms with Gasteiger partial charge in [0.05, 0.1) is 11.7 Å². The highest BCUT2D eigenvalue weighted by Crippen LogP contribution is 2.18. The van der Waals surface area contributed by atoms with Crippen LogP contribution in [0.25, 0.3) is 0 Å². The van der Waals surface area contributed by atoms with Crippen LogP contribution >= 0.6 is 0 Å². The third-order valence-corrected chi connectivity index (χ3v) is 1.92. The molecular weight excluding hydrogens is 195 g/mol. The third kappa shape index (κ3) is 4.79. The van der Waals surface area contributed by atoms with Crippen LogP contribution in [0, 0.1) is 5.82 Å². The minimum atomic E-state index is -0.771. The quantitative estimate of drug-likeness (QED) is 0.831. The number of rotatable bonds is 4. The van der Waals surface area contributed by atoms with E-state index in [0.29, 0.717) is 12.2 Å². The number of halogens is 1. The Labute approximate surface area is 89.7 Å². The molecule has 0 amide bonds. The first-order chi connectivity index (χ1) is 6.87. The summed E-state index contributed by atoms with van der Waals surface area (Å²) in [7, 11) is 0. The molecule has 0 bridgehead atoms. The van der Waals surface area contributed by atoms with Crippen molar-refractivity contribution >= 4 is 0 Å². The Hall–Kier alpha value is -1.09. The molecule has 0 heterocycles. The van der Waals surface area contributed by atoms with Crippen molar-refractivity contribution < 1.29 is 14.2 Å². The van der Waals surface area contributed by atoms with Crippen LogP contribution in [0.15, 0.2) is 24.3 Å². The van der Waals surface area contributed by atoms with Crippen LogP contribution in [0.3, 0.4) is 0 Å². The van der Waals surface area contributed by atoms with Gasteiger partial charge in [-0.1, -0.05) is 6.07 Å². The lowest BCUT2D eigenvalue weighted by molar-refractivity contribution is 0.0323. The van der Waals surface area contributed by atoms with Gasteiger partial charge in [-0.25, -0.2) is 4.39 Å². The SMILES string of the molecule is CC(CC(C)(C)O)Oc1cccc(F)c1. The van der Waals surface area contributed by atoms with Gasteiger partial charge in [-0.3, -0.25) is 0 Å². The van der Waals surface area contributed by atoms with E-state index < -0.39 is 5.60 Å². The first-order valence-electron chi connectivity index (χ1n) is 5.01. The van der Waals surface area contributed by atoms with Crippen LogP contribution < -0.4 is 4.74 Å². The molecule has 0 aliphatic rings. The second-order valence-electron chi connectivity index (χ2n) is 4.40. The maximum atomic E-state index is 12.8. The van der Waals surface area contributed by atoms with Gasteiger partial charge < -0.3 is 9.84 Å². The Bertz CT molecular complexity index is 318. The summed E-state index contributed by atoms with van der Waals surface area (Å²) >= 11 is 0. The van der Waals surface area contributed by atoms with E-state index in [2.05, 4.69) is 0 Å². The fourth-order valence-electron chi connectivity index (χ4n) is 1.52. The topological polar surface area (TPSA) is 29.5 Å². The summed E-state index contributed by atoms with van der Waals surface area (Å²) < 4.78 is 18.3. The van der Waals surface area contributed by atoms with Gasteiger partial charge >= 0.3 is 0 Å². The zero-order valence-corrected chi connectivity index (χ0v) is 9.33. The van der Waals surface area contributed by atoms with E-state index in [0.717, 1.165) is 0 Å². The molecule has 0 aliphatic carbocycles. The summed E-state index contributed by atoms with van der Waals surface area (Å²) in [4.78, 5) is 0. The molecule has 0 fully saturated rings. The van der Waals surface area contributed by atoms with Crippen molar-refractivity contribution in [1.29, 1.82) is 0 Å². The van der Waals surface area contributed by atoms with Crippen LogP contribution in [0.4, 0.5) is 4.39 Å². The number of benzene rings is 1. The molecule has 0 radical (unpaired) electrons. The van der Waals surface area contributed by atoms with E-state index in [9.17, 15) is 9.50 Å². The van der Waals surface area contributed by atoms with E-state index >= 15 is 0 Å². The monoisotopic (exact) mass is 212 g/mol. The Morgan fingerprint density at radius 2 is 2.13 bits per heavy atom. The Morgan fingerprint density at radius 1 is 1.47 bits per heavy atom. The summed E-state index contributed by atoms with van der Waals surface area (Å²) in [6.07, 6.45) is 0.357. The number of hydrogen-bond acceptors (Lipinski definition) is 2. The van der Waals surface area contributed by atoms with Gasteiger partial charge in [0.2, 0.25) is 0 Å². The predicted molar refractivity (Wildman–Crippen MR) is 57.4 cm³/mol. The van der Waals surface area contributed by atoms with Gasteiger partial charge in [0.1, 0.15) is 11.6 Å². The summed E-state index contributed by atoms with van der Waals surface area (Å²) in [5.74, 6) is 0.176. The van der Waals surface area contributed by atoms with Crippen molar-refractivity contribution in [2.45, 2.75) is 38.9 Å². The second-order valence-corrected chi connectivity index (χ2v) is 4.40. The molecule has 15 heavy (non-hydrogen) atoms. The molecule has 1 atom stereocenters. The molecule has 1 N–H and O–H groups in total. The maximum absolute atomic E-state index is 12.8. The molecule has 0 aromatic heterocycles. The molecule has 3 heteroatoms. The van der Waals surface area contributed by atoms with Gasteiger partial charge in [0.15, 0.2) is 0 Å². The normalized spacial score (nSPS) is 13.7. The molecule has 1 aromatic carbocycles. The van der Waals surface area contributed by atoms with Crippen LogP contribution in [-0.2, 0) is 0 Å². The molecule has 1 rings (SSSR count). The molecule has 0 aliphatic heterocycles. The Balaban J connectivity index is 2.55. The molecule has 1 aromatic rings. The minimum absolute atomic E-state index is 0.146. The lowest BCUT2D eigenvalue weighted by Gasteiger charge is -2.22. The van der Waals surface area contributed by atoms with Crippen LogP contribution in [0.5, 0.6) is 5.75 Å². The standard InChI is InChI=1S/C12H17FO2/c1-9(8-12(2,3)14)15-11-6-4-5-10(13)7-11/h4-7,9,14H,8H2,1-3H3. The van der Waals surface area contributed by atoms with Crippen molar-refractivity contribution in [2.24, 2.45) is 0 Å². The molecule has 84 valence electrons. The van der Waals surface area contributed by atoms with Crippen LogP contribution in [0.2, 0.25) is 0 Å². The maximum Gasteiger partial charge on any atom is 0.126 e. The minimum Gasteiger partial charge on any atom is -0.491 e. The van der Waals surface area contributed by atoms with E-state index in [1.165, 1.54) is 12.1 Å². The molecule has 0 saturated carbocycles. The first-order valence-corrected chi connectivity index (χ1v) is 5.01. The second kappa shape index (κ2) is 4.62.